The number of carbonyl (C=O) groups is 1. The summed E-state index contributed by atoms with van der Waals surface area (Å²) in [4.78, 5) is 12.0. The minimum Gasteiger partial charge on any atom is -0.493 e. The molecule has 1 aromatic rings. The first kappa shape index (κ1) is 16.1. The van der Waals surface area contributed by atoms with Gasteiger partial charge >= 0.3 is 0 Å². The lowest BCUT2D eigenvalue weighted by Gasteiger charge is -2.13. The van der Waals surface area contributed by atoms with E-state index >= 15 is 0 Å². The molecule has 0 radical (unpaired) electrons. The van der Waals surface area contributed by atoms with Crippen LogP contribution in [0, 0.1) is 5.92 Å². The van der Waals surface area contributed by atoms with E-state index in [1.54, 1.807) is 14.2 Å². The highest BCUT2D eigenvalue weighted by atomic mass is 79.9. The van der Waals surface area contributed by atoms with Crippen LogP contribution in [0.4, 0.5) is 0 Å². The molecule has 116 valence electrons. The van der Waals surface area contributed by atoms with Crippen molar-refractivity contribution in [1.29, 1.82) is 0 Å². The van der Waals surface area contributed by atoms with Crippen LogP contribution in [0.2, 0.25) is 0 Å². The standard InChI is InChI=1S/C16H22BrNO3/c1-20-14-9-12(13(17)10-15(14)21-2)7-8-18-16(19)11-5-3-4-6-11/h9-11H,3-8H2,1-2H3,(H,18,19). The number of benzene rings is 1. The lowest BCUT2D eigenvalue weighted by atomic mass is 10.1. The monoisotopic (exact) mass is 355 g/mol. The quantitative estimate of drug-likeness (QED) is 0.851. The zero-order valence-corrected chi connectivity index (χ0v) is 14.2. The van der Waals surface area contributed by atoms with Crippen LogP contribution < -0.4 is 14.8 Å². The van der Waals surface area contributed by atoms with Gasteiger partial charge < -0.3 is 14.8 Å². The van der Waals surface area contributed by atoms with Gasteiger partial charge in [-0.3, -0.25) is 4.79 Å². The van der Waals surface area contributed by atoms with Crippen molar-refractivity contribution in [2.45, 2.75) is 32.1 Å². The number of rotatable bonds is 6. The summed E-state index contributed by atoms with van der Waals surface area (Å²) in [5, 5.41) is 3.03. The van der Waals surface area contributed by atoms with Crippen molar-refractivity contribution >= 4 is 21.8 Å². The number of hydrogen-bond acceptors (Lipinski definition) is 3. The van der Waals surface area contributed by atoms with Crippen molar-refractivity contribution in [3.05, 3.63) is 22.2 Å². The van der Waals surface area contributed by atoms with Crippen LogP contribution in [0.3, 0.4) is 0 Å². The molecule has 0 saturated heterocycles. The van der Waals surface area contributed by atoms with Crippen LogP contribution >= 0.6 is 15.9 Å². The Kier molecular flexibility index (Phi) is 5.91. The van der Waals surface area contributed by atoms with E-state index in [-0.39, 0.29) is 11.8 Å². The van der Waals surface area contributed by atoms with Gasteiger partial charge in [0.25, 0.3) is 0 Å². The Bertz CT molecular complexity index is 499. The molecule has 1 saturated carbocycles. The van der Waals surface area contributed by atoms with Gasteiger partial charge in [0.15, 0.2) is 11.5 Å². The van der Waals surface area contributed by atoms with Crippen LogP contribution in [0.15, 0.2) is 16.6 Å². The van der Waals surface area contributed by atoms with Gasteiger partial charge in [-0.1, -0.05) is 28.8 Å². The van der Waals surface area contributed by atoms with Gasteiger partial charge in [0.05, 0.1) is 14.2 Å². The molecule has 21 heavy (non-hydrogen) atoms. The molecule has 1 N–H and O–H groups in total. The lowest BCUT2D eigenvalue weighted by Crippen LogP contribution is -2.31. The molecule has 1 aliphatic carbocycles. The minimum absolute atomic E-state index is 0.198. The van der Waals surface area contributed by atoms with E-state index in [4.69, 9.17) is 9.47 Å². The first-order valence-corrected chi connectivity index (χ1v) is 8.13. The maximum Gasteiger partial charge on any atom is 0.223 e. The summed E-state index contributed by atoms with van der Waals surface area (Å²) >= 11 is 3.54. The Labute approximate surface area is 134 Å². The second kappa shape index (κ2) is 7.69. The highest BCUT2D eigenvalue weighted by molar-refractivity contribution is 9.10. The van der Waals surface area contributed by atoms with Gasteiger partial charge in [-0.25, -0.2) is 0 Å². The number of nitrogens with one attached hydrogen (secondary N) is 1. The summed E-state index contributed by atoms with van der Waals surface area (Å²) in [6.45, 7) is 0.642. The zero-order valence-electron chi connectivity index (χ0n) is 12.6. The average molecular weight is 356 g/mol. The van der Waals surface area contributed by atoms with E-state index in [9.17, 15) is 4.79 Å². The summed E-state index contributed by atoms with van der Waals surface area (Å²) in [5.41, 5.74) is 1.10. The van der Waals surface area contributed by atoms with Crippen molar-refractivity contribution < 1.29 is 14.3 Å². The summed E-state index contributed by atoms with van der Waals surface area (Å²) in [7, 11) is 3.24. The van der Waals surface area contributed by atoms with Crippen molar-refractivity contribution in [3.63, 3.8) is 0 Å². The maximum absolute atomic E-state index is 12.0. The Morgan fingerprint density at radius 3 is 2.48 bits per heavy atom. The number of hydrogen-bond donors (Lipinski definition) is 1. The Balaban J connectivity index is 1.92. The van der Waals surface area contributed by atoms with E-state index in [0.717, 1.165) is 29.3 Å². The highest BCUT2D eigenvalue weighted by Gasteiger charge is 2.22. The van der Waals surface area contributed by atoms with Crippen molar-refractivity contribution in [2.75, 3.05) is 20.8 Å². The molecule has 2 rings (SSSR count). The SMILES string of the molecule is COc1cc(Br)c(CCNC(=O)C2CCCC2)cc1OC. The van der Waals surface area contributed by atoms with Crippen molar-refractivity contribution in [3.8, 4) is 11.5 Å². The normalized spacial score (nSPS) is 15.0. The second-order valence-electron chi connectivity index (χ2n) is 5.32. The number of ether oxygens (including phenoxy) is 2. The smallest absolute Gasteiger partial charge is 0.223 e. The molecule has 1 aromatic carbocycles. The van der Waals surface area contributed by atoms with E-state index in [1.807, 2.05) is 12.1 Å². The predicted octanol–water partition coefficient (Wildman–Crippen LogP) is 3.32. The third kappa shape index (κ3) is 4.13. The molecule has 0 atom stereocenters. The Morgan fingerprint density at radius 1 is 1.24 bits per heavy atom. The lowest BCUT2D eigenvalue weighted by molar-refractivity contribution is -0.124. The fraction of sp³-hybridized carbons (Fsp3) is 0.562. The predicted molar refractivity (Wildman–Crippen MR) is 85.9 cm³/mol. The molecule has 0 aromatic heterocycles. The van der Waals surface area contributed by atoms with Crippen LogP contribution in [0.5, 0.6) is 11.5 Å². The Morgan fingerprint density at radius 2 is 1.86 bits per heavy atom. The maximum atomic E-state index is 12.0. The first-order chi connectivity index (χ1) is 10.2. The number of carbonyl (C=O) groups excluding carboxylic acids is 1. The second-order valence-corrected chi connectivity index (χ2v) is 6.18. The van der Waals surface area contributed by atoms with Gasteiger partial charge in [0, 0.05) is 16.9 Å². The first-order valence-electron chi connectivity index (χ1n) is 7.33. The summed E-state index contributed by atoms with van der Waals surface area (Å²) in [6.07, 6.45) is 5.19. The summed E-state index contributed by atoms with van der Waals surface area (Å²) in [5.74, 6) is 1.82. The van der Waals surface area contributed by atoms with Crippen molar-refractivity contribution in [2.24, 2.45) is 5.92 Å². The summed E-state index contributed by atoms with van der Waals surface area (Å²) < 4.78 is 11.5. The number of amides is 1. The van der Waals surface area contributed by atoms with Crippen LogP contribution in [0.1, 0.15) is 31.2 Å². The minimum atomic E-state index is 0.198. The van der Waals surface area contributed by atoms with Crippen LogP contribution in [0.25, 0.3) is 0 Å². The molecule has 0 bridgehead atoms. The molecule has 0 spiro atoms. The molecule has 5 heteroatoms. The molecule has 1 aliphatic rings. The third-order valence-corrected chi connectivity index (χ3v) is 4.71. The van der Waals surface area contributed by atoms with Gasteiger partial charge in [0.1, 0.15) is 0 Å². The number of methoxy groups -OCH3 is 2. The third-order valence-electron chi connectivity index (χ3n) is 3.97. The zero-order chi connectivity index (χ0) is 15.2. The number of halogens is 1. The fourth-order valence-corrected chi connectivity index (χ4v) is 3.26. The fourth-order valence-electron chi connectivity index (χ4n) is 2.74. The van der Waals surface area contributed by atoms with E-state index in [1.165, 1.54) is 12.8 Å². The molecule has 1 amide bonds. The van der Waals surface area contributed by atoms with E-state index < -0.39 is 0 Å². The van der Waals surface area contributed by atoms with E-state index in [2.05, 4.69) is 21.2 Å². The largest absolute Gasteiger partial charge is 0.493 e. The molecule has 0 aliphatic heterocycles. The van der Waals surface area contributed by atoms with Gasteiger partial charge in [-0.05, 0) is 37.0 Å². The van der Waals surface area contributed by atoms with Gasteiger partial charge in [0.2, 0.25) is 5.91 Å². The van der Waals surface area contributed by atoms with Gasteiger partial charge in [-0.2, -0.15) is 0 Å². The average Bonchev–Trinajstić information content (AvgIpc) is 3.02. The van der Waals surface area contributed by atoms with Crippen molar-refractivity contribution in [1.82, 2.24) is 5.32 Å². The topological polar surface area (TPSA) is 47.6 Å². The van der Waals surface area contributed by atoms with E-state index in [0.29, 0.717) is 18.0 Å². The van der Waals surface area contributed by atoms with Crippen LogP contribution in [-0.2, 0) is 11.2 Å². The molecule has 0 heterocycles. The molecular weight excluding hydrogens is 334 g/mol. The molecule has 4 nitrogen and oxygen atoms in total. The van der Waals surface area contributed by atoms with Gasteiger partial charge in [-0.15, -0.1) is 0 Å². The highest BCUT2D eigenvalue weighted by Crippen LogP contribution is 2.33. The molecule has 1 fully saturated rings. The molecular formula is C16H22BrNO3. The molecule has 0 unspecified atom stereocenters. The Hall–Kier alpha value is -1.23. The summed E-state index contributed by atoms with van der Waals surface area (Å²) in [6, 6.07) is 3.84. The van der Waals surface area contributed by atoms with Crippen LogP contribution in [-0.4, -0.2) is 26.7 Å².